The molecule has 1 amide bonds. The van der Waals surface area contributed by atoms with Gasteiger partial charge in [0.1, 0.15) is 5.54 Å². The lowest BCUT2D eigenvalue weighted by molar-refractivity contribution is -0.128. The number of hydrogen-bond donors (Lipinski definition) is 1. The predicted octanol–water partition coefficient (Wildman–Crippen LogP) is 3.40. The first kappa shape index (κ1) is 14.4. The first-order valence-electron chi connectivity index (χ1n) is 7.81. The molecule has 3 nitrogen and oxygen atoms in total. The maximum Gasteiger partial charge on any atom is 0.224 e. The Hall–Kier alpha value is -1.04. The molecule has 0 radical (unpaired) electrons. The minimum atomic E-state index is -0.694. The molecule has 0 aliphatic heterocycles. The van der Waals surface area contributed by atoms with Gasteiger partial charge in [-0.15, -0.1) is 0 Å². The van der Waals surface area contributed by atoms with Gasteiger partial charge in [0.05, 0.1) is 6.07 Å². The summed E-state index contributed by atoms with van der Waals surface area (Å²) < 4.78 is 0. The highest BCUT2D eigenvalue weighted by Gasteiger charge is 2.36. The van der Waals surface area contributed by atoms with Crippen molar-refractivity contribution in [2.45, 2.75) is 70.8 Å². The normalized spacial score (nSPS) is 33.6. The monoisotopic (exact) mass is 262 g/mol. The minimum Gasteiger partial charge on any atom is -0.338 e. The Kier molecular flexibility index (Phi) is 4.50. The first-order valence-corrected chi connectivity index (χ1v) is 7.81. The van der Waals surface area contributed by atoms with E-state index in [0.717, 1.165) is 24.7 Å². The molecule has 3 heteroatoms. The first-order chi connectivity index (χ1) is 9.08. The third-order valence-electron chi connectivity index (χ3n) is 5.26. The van der Waals surface area contributed by atoms with Crippen LogP contribution in [0.3, 0.4) is 0 Å². The zero-order valence-corrected chi connectivity index (χ0v) is 12.2. The van der Waals surface area contributed by atoms with Crippen LogP contribution in [0, 0.1) is 29.1 Å². The summed E-state index contributed by atoms with van der Waals surface area (Å²) in [6.45, 7) is 3.76. The molecule has 0 saturated heterocycles. The molecule has 0 aromatic rings. The summed E-state index contributed by atoms with van der Waals surface area (Å²) in [5.74, 6) is 1.87. The van der Waals surface area contributed by atoms with E-state index < -0.39 is 5.54 Å². The van der Waals surface area contributed by atoms with Gasteiger partial charge < -0.3 is 5.32 Å². The molecule has 0 aromatic carbocycles. The number of amides is 1. The fraction of sp³-hybridized carbons (Fsp3) is 0.875. The number of nitrogens with zero attached hydrogens (tertiary/aromatic N) is 1. The lowest BCUT2D eigenvalue weighted by Gasteiger charge is -2.39. The van der Waals surface area contributed by atoms with E-state index in [0.29, 0.717) is 6.42 Å². The maximum absolute atomic E-state index is 12.3. The van der Waals surface area contributed by atoms with E-state index in [2.05, 4.69) is 11.4 Å². The molecule has 2 rings (SSSR count). The average Bonchev–Trinajstić information content (AvgIpc) is 2.46. The summed E-state index contributed by atoms with van der Waals surface area (Å²) in [4.78, 5) is 12.3. The van der Waals surface area contributed by atoms with Gasteiger partial charge in [0.2, 0.25) is 5.91 Å². The number of carbonyl (C=O) groups is 1. The van der Waals surface area contributed by atoms with Gasteiger partial charge in [0.25, 0.3) is 0 Å². The van der Waals surface area contributed by atoms with Gasteiger partial charge >= 0.3 is 0 Å². The number of nitrogens with one attached hydrogen (secondary N) is 1. The van der Waals surface area contributed by atoms with Crippen molar-refractivity contribution in [2.24, 2.45) is 17.8 Å². The largest absolute Gasteiger partial charge is 0.338 e. The van der Waals surface area contributed by atoms with Crippen molar-refractivity contribution in [2.75, 3.05) is 0 Å². The molecule has 106 valence electrons. The Labute approximate surface area is 116 Å². The van der Waals surface area contributed by atoms with E-state index in [1.54, 1.807) is 0 Å². The summed E-state index contributed by atoms with van der Waals surface area (Å²) in [6, 6.07) is 2.22. The summed E-state index contributed by atoms with van der Waals surface area (Å²) in [7, 11) is 0. The topological polar surface area (TPSA) is 52.9 Å². The molecule has 2 aliphatic carbocycles. The smallest absolute Gasteiger partial charge is 0.224 e. The van der Waals surface area contributed by atoms with Crippen molar-refractivity contribution in [3.8, 4) is 6.07 Å². The van der Waals surface area contributed by atoms with E-state index >= 15 is 0 Å². The van der Waals surface area contributed by atoms with Crippen molar-refractivity contribution in [3.05, 3.63) is 0 Å². The number of carbonyl (C=O) groups excluding carboxylic acids is 1. The minimum absolute atomic E-state index is 0.106. The Bertz CT molecular complexity index is 373. The van der Waals surface area contributed by atoms with Crippen LogP contribution in [0.15, 0.2) is 0 Å². The molecule has 4 unspecified atom stereocenters. The van der Waals surface area contributed by atoms with Gasteiger partial charge in [0, 0.05) is 5.92 Å². The van der Waals surface area contributed by atoms with Crippen LogP contribution in [0.2, 0.25) is 0 Å². The molecule has 1 N–H and O–H groups in total. The molecule has 2 aliphatic rings. The highest BCUT2D eigenvalue weighted by molar-refractivity contribution is 5.80. The van der Waals surface area contributed by atoms with Crippen molar-refractivity contribution in [1.29, 1.82) is 5.26 Å². The molecule has 0 aromatic heterocycles. The van der Waals surface area contributed by atoms with Crippen molar-refractivity contribution < 1.29 is 4.79 Å². The third-order valence-corrected chi connectivity index (χ3v) is 5.26. The lowest BCUT2D eigenvalue weighted by atomic mass is 9.67. The fourth-order valence-corrected chi connectivity index (χ4v) is 3.68. The number of hydrogen-bond acceptors (Lipinski definition) is 2. The van der Waals surface area contributed by atoms with Crippen LogP contribution in [-0.4, -0.2) is 11.4 Å². The second kappa shape index (κ2) is 5.94. The maximum atomic E-state index is 12.3. The Morgan fingerprint density at radius 1 is 1.26 bits per heavy atom. The summed E-state index contributed by atoms with van der Waals surface area (Å²) >= 11 is 0. The second-order valence-corrected chi connectivity index (χ2v) is 6.60. The van der Waals surface area contributed by atoms with Gasteiger partial charge in [-0.05, 0) is 44.4 Å². The highest BCUT2D eigenvalue weighted by Crippen LogP contribution is 2.42. The van der Waals surface area contributed by atoms with E-state index in [1.807, 2.05) is 13.8 Å². The van der Waals surface area contributed by atoms with Crippen molar-refractivity contribution >= 4 is 5.91 Å². The highest BCUT2D eigenvalue weighted by atomic mass is 16.2. The number of rotatable bonds is 3. The quantitative estimate of drug-likeness (QED) is 0.847. The molecule has 0 heterocycles. The molecular weight excluding hydrogens is 236 g/mol. The van der Waals surface area contributed by atoms with Gasteiger partial charge in [0.15, 0.2) is 0 Å². The van der Waals surface area contributed by atoms with Crippen LogP contribution < -0.4 is 5.32 Å². The standard InChI is InChI=1S/C16H26N2O/c1-3-16(2,11-17)18-15(19)14-9-8-12-6-4-5-7-13(12)10-14/h12-14H,3-10H2,1-2H3,(H,18,19). The van der Waals surface area contributed by atoms with Gasteiger partial charge in [-0.25, -0.2) is 0 Å². The van der Waals surface area contributed by atoms with E-state index in [4.69, 9.17) is 5.26 Å². The summed E-state index contributed by atoms with van der Waals surface area (Å²) in [6.07, 6.45) is 9.30. The fourth-order valence-electron chi connectivity index (χ4n) is 3.68. The van der Waals surface area contributed by atoms with E-state index in [1.165, 1.54) is 32.1 Å². The molecule has 0 bridgehead atoms. The molecule has 4 atom stereocenters. The Balaban J connectivity index is 1.92. The zero-order valence-electron chi connectivity index (χ0n) is 12.2. The third kappa shape index (κ3) is 3.29. The number of fused-ring (bicyclic) bond motifs is 1. The Morgan fingerprint density at radius 2 is 1.95 bits per heavy atom. The molecule has 0 spiro atoms. The molecule has 2 saturated carbocycles. The SMILES string of the molecule is CCC(C)(C#N)NC(=O)C1CCC2CCCCC2C1. The molecule has 19 heavy (non-hydrogen) atoms. The van der Waals surface area contributed by atoms with Crippen LogP contribution in [-0.2, 0) is 4.79 Å². The zero-order chi connectivity index (χ0) is 13.9. The van der Waals surface area contributed by atoms with Crippen LogP contribution in [0.25, 0.3) is 0 Å². The predicted molar refractivity (Wildman–Crippen MR) is 75.2 cm³/mol. The van der Waals surface area contributed by atoms with Gasteiger partial charge in [-0.3, -0.25) is 4.79 Å². The summed E-state index contributed by atoms with van der Waals surface area (Å²) in [5.41, 5.74) is -0.694. The van der Waals surface area contributed by atoms with Gasteiger partial charge in [-0.2, -0.15) is 5.26 Å². The van der Waals surface area contributed by atoms with Crippen LogP contribution in [0.5, 0.6) is 0 Å². The Morgan fingerprint density at radius 3 is 2.58 bits per heavy atom. The van der Waals surface area contributed by atoms with Crippen LogP contribution in [0.1, 0.15) is 65.2 Å². The van der Waals surface area contributed by atoms with E-state index in [-0.39, 0.29) is 11.8 Å². The molecular formula is C16H26N2O. The molecule has 2 fully saturated rings. The van der Waals surface area contributed by atoms with Crippen LogP contribution >= 0.6 is 0 Å². The summed E-state index contributed by atoms with van der Waals surface area (Å²) in [5, 5.41) is 12.1. The lowest BCUT2D eigenvalue weighted by Crippen LogP contribution is -2.48. The average molecular weight is 262 g/mol. The van der Waals surface area contributed by atoms with E-state index in [9.17, 15) is 4.79 Å². The van der Waals surface area contributed by atoms with Crippen molar-refractivity contribution in [3.63, 3.8) is 0 Å². The van der Waals surface area contributed by atoms with Gasteiger partial charge in [-0.1, -0.05) is 32.6 Å². The van der Waals surface area contributed by atoms with Crippen LogP contribution in [0.4, 0.5) is 0 Å². The number of nitriles is 1. The van der Waals surface area contributed by atoms with Crippen molar-refractivity contribution in [1.82, 2.24) is 5.32 Å². The second-order valence-electron chi connectivity index (χ2n) is 6.60.